The minimum Gasteiger partial charge on any atom is -0.356 e. The van der Waals surface area contributed by atoms with Crippen LogP contribution in [0.5, 0.6) is 0 Å². The highest BCUT2D eigenvalue weighted by molar-refractivity contribution is 5.79. The molecule has 0 aliphatic carbocycles. The molecule has 0 radical (unpaired) electrons. The lowest BCUT2D eigenvalue weighted by Crippen LogP contribution is -2.38. The number of aryl methyl sites for hydroxylation is 2. The first-order chi connectivity index (χ1) is 10.3. The van der Waals surface area contributed by atoms with Gasteiger partial charge in [-0.15, -0.1) is 6.58 Å². The second-order valence-electron chi connectivity index (χ2n) is 5.05. The Balaban J connectivity index is 1.80. The first-order valence-electron chi connectivity index (χ1n) is 7.48. The number of hydrogen-bond donors (Lipinski definition) is 2. The molecule has 0 amide bonds. The van der Waals surface area contributed by atoms with Gasteiger partial charge in [0.25, 0.3) is 0 Å². The molecule has 1 aliphatic heterocycles. The lowest BCUT2D eigenvalue weighted by atomic mass is 10.2. The predicted molar refractivity (Wildman–Crippen MR) is 83.6 cm³/mol. The Morgan fingerprint density at radius 3 is 3.05 bits per heavy atom. The lowest BCUT2D eigenvalue weighted by molar-refractivity contribution is 0.509. The van der Waals surface area contributed by atoms with Crippen molar-refractivity contribution in [2.24, 2.45) is 4.99 Å². The lowest BCUT2D eigenvalue weighted by Gasteiger charge is -2.09. The van der Waals surface area contributed by atoms with Crippen LogP contribution in [-0.4, -0.2) is 40.4 Å². The number of nitrogens with one attached hydrogen (secondary N) is 2. The maximum atomic E-state index is 12.1. The van der Waals surface area contributed by atoms with Crippen molar-refractivity contribution >= 4 is 5.96 Å². The molecule has 0 bridgehead atoms. The average molecular weight is 292 g/mol. The Morgan fingerprint density at radius 2 is 2.33 bits per heavy atom. The molecule has 1 aromatic rings. The number of fused-ring (bicyclic) bond motifs is 1. The first-order valence-corrected chi connectivity index (χ1v) is 7.48. The molecule has 0 spiro atoms. The molecule has 0 saturated carbocycles. The standard InChI is InChI=1S/C14H24N6O/c1-3-8-16-13(15-2)17-9-6-11-20-14(21)19-10-5-4-7-12(19)18-20/h3H,1,4-11H2,2H3,(H2,15,16,17). The van der Waals surface area contributed by atoms with Gasteiger partial charge in [0.05, 0.1) is 0 Å². The van der Waals surface area contributed by atoms with Crippen molar-refractivity contribution in [2.75, 3.05) is 20.1 Å². The summed E-state index contributed by atoms with van der Waals surface area (Å²) in [5.74, 6) is 1.68. The van der Waals surface area contributed by atoms with Crippen molar-refractivity contribution in [3.05, 3.63) is 29.0 Å². The van der Waals surface area contributed by atoms with Crippen molar-refractivity contribution in [3.8, 4) is 0 Å². The van der Waals surface area contributed by atoms with E-state index in [-0.39, 0.29) is 5.69 Å². The van der Waals surface area contributed by atoms with E-state index in [0.717, 1.165) is 50.6 Å². The van der Waals surface area contributed by atoms with E-state index in [4.69, 9.17) is 0 Å². The second kappa shape index (κ2) is 7.66. The summed E-state index contributed by atoms with van der Waals surface area (Å²) < 4.78 is 3.39. The number of rotatable bonds is 6. The van der Waals surface area contributed by atoms with Crippen LogP contribution in [0.3, 0.4) is 0 Å². The van der Waals surface area contributed by atoms with Gasteiger partial charge in [-0.2, -0.15) is 5.10 Å². The molecule has 7 heteroatoms. The Hall–Kier alpha value is -2.05. The normalized spacial score (nSPS) is 14.6. The van der Waals surface area contributed by atoms with Crippen LogP contribution in [0.4, 0.5) is 0 Å². The van der Waals surface area contributed by atoms with Gasteiger partial charge < -0.3 is 10.6 Å². The van der Waals surface area contributed by atoms with E-state index in [1.807, 2.05) is 4.57 Å². The predicted octanol–water partition coefficient (Wildman–Crippen LogP) is 0.122. The smallest absolute Gasteiger partial charge is 0.345 e. The van der Waals surface area contributed by atoms with Crippen LogP contribution in [-0.2, 0) is 19.5 Å². The van der Waals surface area contributed by atoms with Crippen molar-refractivity contribution in [1.29, 1.82) is 0 Å². The highest BCUT2D eigenvalue weighted by Crippen LogP contribution is 2.09. The third kappa shape index (κ3) is 3.96. The van der Waals surface area contributed by atoms with E-state index in [9.17, 15) is 4.79 Å². The van der Waals surface area contributed by atoms with Gasteiger partial charge in [-0.1, -0.05) is 6.08 Å². The molecule has 0 saturated heterocycles. The molecule has 2 rings (SSSR count). The van der Waals surface area contributed by atoms with Crippen molar-refractivity contribution in [3.63, 3.8) is 0 Å². The van der Waals surface area contributed by atoms with Crippen LogP contribution in [0.15, 0.2) is 22.4 Å². The van der Waals surface area contributed by atoms with Gasteiger partial charge in [-0.25, -0.2) is 9.48 Å². The van der Waals surface area contributed by atoms with Gasteiger partial charge in [-0.3, -0.25) is 9.56 Å². The van der Waals surface area contributed by atoms with Gasteiger partial charge in [-0.05, 0) is 19.3 Å². The zero-order valence-corrected chi connectivity index (χ0v) is 12.6. The number of hydrogen-bond acceptors (Lipinski definition) is 3. The van der Waals surface area contributed by atoms with E-state index in [0.29, 0.717) is 13.1 Å². The van der Waals surface area contributed by atoms with E-state index >= 15 is 0 Å². The summed E-state index contributed by atoms with van der Waals surface area (Å²) in [6, 6.07) is 0. The summed E-state index contributed by atoms with van der Waals surface area (Å²) in [5.41, 5.74) is 0.0267. The minimum atomic E-state index is 0.0267. The molecule has 116 valence electrons. The molecule has 21 heavy (non-hydrogen) atoms. The van der Waals surface area contributed by atoms with E-state index < -0.39 is 0 Å². The van der Waals surface area contributed by atoms with Crippen molar-refractivity contribution in [1.82, 2.24) is 25.0 Å². The van der Waals surface area contributed by atoms with Crippen LogP contribution in [0, 0.1) is 0 Å². The Bertz CT molecular complexity index is 556. The second-order valence-corrected chi connectivity index (χ2v) is 5.05. The Kier molecular flexibility index (Phi) is 5.59. The average Bonchev–Trinajstić information content (AvgIpc) is 2.83. The Morgan fingerprint density at radius 1 is 1.48 bits per heavy atom. The summed E-state index contributed by atoms with van der Waals surface area (Å²) >= 11 is 0. The SMILES string of the molecule is C=CCNC(=NC)NCCCn1nc2n(c1=O)CCCC2. The maximum absolute atomic E-state index is 12.1. The monoisotopic (exact) mass is 292 g/mol. The quantitative estimate of drug-likeness (QED) is 0.338. The summed E-state index contributed by atoms with van der Waals surface area (Å²) in [4.78, 5) is 16.2. The maximum Gasteiger partial charge on any atom is 0.345 e. The number of aliphatic imine (C=N–C) groups is 1. The number of guanidine groups is 1. The van der Waals surface area contributed by atoms with E-state index in [1.54, 1.807) is 17.8 Å². The molecule has 0 fully saturated rings. The molecule has 7 nitrogen and oxygen atoms in total. The van der Waals surface area contributed by atoms with Crippen molar-refractivity contribution in [2.45, 2.75) is 38.8 Å². The van der Waals surface area contributed by atoms with Crippen LogP contribution in [0.1, 0.15) is 25.1 Å². The fraction of sp³-hybridized carbons (Fsp3) is 0.643. The number of aromatic nitrogens is 3. The molecule has 0 unspecified atom stereocenters. The van der Waals surface area contributed by atoms with E-state index in [1.165, 1.54) is 0 Å². The summed E-state index contributed by atoms with van der Waals surface area (Å²) in [6.45, 7) is 6.50. The van der Waals surface area contributed by atoms with Gasteiger partial charge in [0.1, 0.15) is 5.82 Å². The van der Waals surface area contributed by atoms with E-state index in [2.05, 4.69) is 27.3 Å². The topological polar surface area (TPSA) is 76.2 Å². The highest BCUT2D eigenvalue weighted by atomic mass is 16.2. The first kappa shape index (κ1) is 15.3. The molecule has 0 atom stereocenters. The third-order valence-corrected chi connectivity index (χ3v) is 3.51. The summed E-state index contributed by atoms with van der Waals surface area (Å²) in [6.07, 6.45) is 5.72. The summed E-state index contributed by atoms with van der Waals surface area (Å²) in [7, 11) is 1.73. The van der Waals surface area contributed by atoms with Crippen LogP contribution in [0.2, 0.25) is 0 Å². The van der Waals surface area contributed by atoms with Crippen LogP contribution < -0.4 is 16.3 Å². The fourth-order valence-electron chi connectivity index (χ4n) is 2.42. The largest absolute Gasteiger partial charge is 0.356 e. The molecule has 2 heterocycles. The summed E-state index contributed by atoms with van der Waals surface area (Å²) in [5, 5.41) is 10.7. The third-order valence-electron chi connectivity index (χ3n) is 3.51. The van der Waals surface area contributed by atoms with Crippen molar-refractivity contribution < 1.29 is 0 Å². The fourth-order valence-corrected chi connectivity index (χ4v) is 2.42. The molecule has 2 N–H and O–H groups in total. The molecular weight excluding hydrogens is 268 g/mol. The van der Waals surface area contributed by atoms with Crippen LogP contribution >= 0.6 is 0 Å². The zero-order valence-electron chi connectivity index (χ0n) is 12.6. The molecule has 1 aromatic heterocycles. The van der Waals surface area contributed by atoms with Gasteiger partial charge in [0, 0.05) is 39.6 Å². The van der Waals surface area contributed by atoms with Gasteiger partial charge in [0.2, 0.25) is 0 Å². The molecule has 1 aliphatic rings. The highest BCUT2D eigenvalue weighted by Gasteiger charge is 2.15. The number of nitrogens with zero attached hydrogens (tertiary/aromatic N) is 4. The van der Waals surface area contributed by atoms with Gasteiger partial charge >= 0.3 is 5.69 Å². The minimum absolute atomic E-state index is 0.0267. The molecular formula is C14H24N6O. The molecule has 0 aromatic carbocycles. The Labute approximate surface area is 124 Å². The van der Waals surface area contributed by atoms with Gasteiger partial charge in [0.15, 0.2) is 5.96 Å². The van der Waals surface area contributed by atoms with Crippen LogP contribution in [0.25, 0.3) is 0 Å². The zero-order chi connectivity index (χ0) is 15.1.